The molecule has 0 aliphatic carbocycles. The van der Waals surface area contributed by atoms with Gasteiger partial charge in [-0.1, -0.05) is 60.2 Å². The van der Waals surface area contributed by atoms with Gasteiger partial charge in [0.2, 0.25) is 0 Å². The Morgan fingerprint density at radius 2 is 1.90 bits per heavy atom. The van der Waals surface area contributed by atoms with E-state index < -0.39 is 5.60 Å². The summed E-state index contributed by atoms with van der Waals surface area (Å²) in [5.41, 5.74) is 3.69. The first-order valence-corrected chi connectivity index (χ1v) is 10.9. The number of hydrogen-bond donors (Lipinski definition) is 0. The van der Waals surface area contributed by atoms with E-state index >= 15 is 0 Å². The lowest BCUT2D eigenvalue weighted by Gasteiger charge is -2.31. The number of carbonyl (C=O) groups excluding carboxylic acids is 1. The Balaban J connectivity index is 1.75. The van der Waals surface area contributed by atoms with Crippen molar-refractivity contribution < 1.29 is 9.53 Å². The molecule has 0 amide bonds. The van der Waals surface area contributed by atoms with Gasteiger partial charge in [-0.15, -0.1) is 0 Å². The molecular weight excluding hydrogens is 416 g/mol. The van der Waals surface area contributed by atoms with E-state index in [0.29, 0.717) is 5.02 Å². The van der Waals surface area contributed by atoms with Crippen LogP contribution in [0.1, 0.15) is 37.6 Å². The van der Waals surface area contributed by atoms with Gasteiger partial charge in [0.25, 0.3) is 0 Å². The van der Waals surface area contributed by atoms with E-state index in [1.807, 2.05) is 61.7 Å². The highest BCUT2D eigenvalue weighted by Gasteiger charge is 2.30. The molecule has 2 aromatic carbocycles. The maximum Gasteiger partial charge on any atom is 0.326 e. The minimum absolute atomic E-state index is 0.1000. The second kappa shape index (κ2) is 8.05. The number of carbonyl (C=O) groups is 1. The molecule has 0 fully saturated rings. The summed E-state index contributed by atoms with van der Waals surface area (Å²) in [5.74, 6) is -0.287. The van der Waals surface area contributed by atoms with Crippen LogP contribution in [0.25, 0.3) is 10.9 Å². The van der Waals surface area contributed by atoms with E-state index in [2.05, 4.69) is 17.0 Å². The molecule has 30 heavy (non-hydrogen) atoms. The molecule has 1 aliphatic heterocycles. The van der Waals surface area contributed by atoms with E-state index in [9.17, 15) is 4.79 Å². The Labute approximate surface area is 187 Å². The molecular formula is C24H25ClN2O2S. The van der Waals surface area contributed by atoms with Crippen molar-refractivity contribution >= 4 is 45.7 Å². The lowest BCUT2D eigenvalue weighted by molar-refractivity contribution is -0.155. The van der Waals surface area contributed by atoms with Gasteiger partial charge in [0.15, 0.2) is 0 Å². The predicted molar refractivity (Wildman–Crippen MR) is 125 cm³/mol. The standard InChI is InChI=1S/C24H25ClN2O2S/c1-24(2,3)29-21(28)15-27-20-13-17(25)9-10-18(20)19-11-12-26(23(30)22(19)27)14-16-7-5-4-6-8-16/h4-10,13H,11-12,14-15H2,1-3H3. The molecule has 0 atom stereocenters. The van der Waals surface area contributed by atoms with E-state index in [1.165, 1.54) is 11.1 Å². The monoisotopic (exact) mass is 440 g/mol. The molecule has 0 saturated heterocycles. The van der Waals surface area contributed by atoms with Gasteiger partial charge < -0.3 is 14.2 Å². The number of ether oxygens (including phenoxy) is 1. The van der Waals surface area contributed by atoms with Crippen LogP contribution in [0.2, 0.25) is 5.02 Å². The molecule has 0 unspecified atom stereocenters. The number of thiocarbonyl (C=S) groups is 1. The first-order chi connectivity index (χ1) is 14.2. The normalized spacial score (nSPS) is 14.1. The Hall–Kier alpha value is -2.37. The molecule has 3 aromatic rings. The zero-order chi connectivity index (χ0) is 21.5. The number of hydrogen-bond acceptors (Lipinski definition) is 3. The molecule has 1 aromatic heterocycles. The van der Waals surface area contributed by atoms with Gasteiger partial charge >= 0.3 is 5.97 Å². The molecule has 0 radical (unpaired) electrons. The van der Waals surface area contributed by atoms with Crippen molar-refractivity contribution in [2.24, 2.45) is 0 Å². The average Bonchev–Trinajstić information content (AvgIpc) is 2.97. The third kappa shape index (κ3) is 4.23. The molecule has 4 nitrogen and oxygen atoms in total. The second-order valence-electron chi connectivity index (χ2n) is 8.62. The van der Waals surface area contributed by atoms with Gasteiger partial charge in [-0.05, 0) is 50.5 Å². The van der Waals surface area contributed by atoms with Crippen LogP contribution in [0.3, 0.4) is 0 Å². The van der Waals surface area contributed by atoms with Crippen LogP contribution in [0.4, 0.5) is 0 Å². The SMILES string of the molecule is CC(C)(C)OC(=O)Cn1c2c(c3ccc(Cl)cc31)CCN(Cc1ccccc1)C2=S. The van der Waals surface area contributed by atoms with Crippen molar-refractivity contribution in [2.75, 3.05) is 6.54 Å². The molecule has 0 saturated carbocycles. The van der Waals surface area contributed by atoms with Crippen LogP contribution >= 0.6 is 23.8 Å². The maximum atomic E-state index is 12.7. The van der Waals surface area contributed by atoms with Gasteiger partial charge in [0.1, 0.15) is 17.1 Å². The molecule has 1 aliphatic rings. The summed E-state index contributed by atoms with van der Waals surface area (Å²) in [6.07, 6.45) is 0.863. The average molecular weight is 441 g/mol. The highest BCUT2D eigenvalue weighted by Crippen LogP contribution is 2.33. The minimum atomic E-state index is -0.544. The van der Waals surface area contributed by atoms with Crippen molar-refractivity contribution in [1.29, 1.82) is 0 Å². The largest absolute Gasteiger partial charge is 0.459 e. The van der Waals surface area contributed by atoms with E-state index in [1.54, 1.807) is 0 Å². The molecule has 4 rings (SSSR count). The number of nitrogens with zero attached hydrogens (tertiary/aromatic N) is 2. The van der Waals surface area contributed by atoms with Crippen LogP contribution in [0.15, 0.2) is 48.5 Å². The first kappa shape index (κ1) is 20.9. The van der Waals surface area contributed by atoms with E-state index in [0.717, 1.165) is 41.1 Å². The summed E-state index contributed by atoms with van der Waals surface area (Å²) >= 11 is 12.2. The van der Waals surface area contributed by atoms with E-state index in [-0.39, 0.29) is 12.5 Å². The Morgan fingerprint density at radius 3 is 2.60 bits per heavy atom. The number of benzene rings is 2. The van der Waals surface area contributed by atoms with Gasteiger partial charge in [0.05, 0.1) is 11.2 Å². The lowest BCUT2D eigenvalue weighted by Crippen LogP contribution is -2.38. The molecule has 6 heteroatoms. The lowest BCUT2D eigenvalue weighted by atomic mass is 10.0. The summed E-state index contributed by atoms with van der Waals surface area (Å²) in [5, 5.41) is 1.73. The minimum Gasteiger partial charge on any atom is -0.459 e. The predicted octanol–water partition coefficient (Wildman–Crippen LogP) is 5.37. The zero-order valence-corrected chi connectivity index (χ0v) is 19.0. The summed E-state index contributed by atoms with van der Waals surface area (Å²) in [4.78, 5) is 15.7. The van der Waals surface area contributed by atoms with Crippen molar-refractivity contribution in [3.8, 4) is 0 Å². The molecule has 2 heterocycles. The fraction of sp³-hybridized carbons (Fsp3) is 0.333. The fourth-order valence-corrected chi connectivity index (χ4v) is 4.57. The highest BCUT2D eigenvalue weighted by molar-refractivity contribution is 7.80. The van der Waals surface area contributed by atoms with Crippen LogP contribution in [0.5, 0.6) is 0 Å². The number of halogens is 1. The number of rotatable bonds is 4. The first-order valence-electron chi connectivity index (χ1n) is 10.1. The number of aromatic nitrogens is 1. The molecule has 0 spiro atoms. The fourth-order valence-electron chi connectivity index (χ4n) is 4.01. The molecule has 0 N–H and O–H groups in total. The quantitative estimate of drug-likeness (QED) is 0.403. The van der Waals surface area contributed by atoms with Crippen LogP contribution in [-0.2, 0) is 29.0 Å². The molecule has 156 valence electrons. The second-order valence-corrected chi connectivity index (χ2v) is 9.45. The van der Waals surface area contributed by atoms with Gasteiger partial charge in [-0.25, -0.2) is 0 Å². The van der Waals surface area contributed by atoms with E-state index in [4.69, 9.17) is 28.6 Å². The van der Waals surface area contributed by atoms with Crippen molar-refractivity contribution in [3.05, 3.63) is 70.4 Å². The summed E-state index contributed by atoms with van der Waals surface area (Å²) in [6.45, 7) is 7.30. The van der Waals surface area contributed by atoms with Crippen molar-refractivity contribution in [2.45, 2.75) is 45.9 Å². The Bertz CT molecular complexity index is 1120. The Kier molecular flexibility index (Phi) is 5.60. The van der Waals surface area contributed by atoms with Gasteiger partial charge in [-0.2, -0.15) is 0 Å². The van der Waals surface area contributed by atoms with Gasteiger partial charge in [-0.3, -0.25) is 4.79 Å². The third-order valence-electron chi connectivity index (χ3n) is 5.18. The number of fused-ring (bicyclic) bond motifs is 3. The van der Waals surface area contributed by atoms with Crippen LogP contribution in [-0.4, -0.2) is 32.6 Å². The van der Waals surface area contributed by atoms with Crippen molar-refractivity contribution in [1.82, 2.24) is 9.47 Å². The van der Waals surface area contributed by atoms with Crippen LogP contribution in [0, 0.1) is 0 Å². The topological polar surface area (TPSA) is 34.5 Å². The molecule has 0 bridgehead atoms. The zero-order valence-electron chi connectivity index (χ0n) is 17.4. The van der Waals surface area contributed by atoms with Crippen molar-refractivity contribution in [3.63, 3.8) is 0 Å². The third-order valence-corrected chi connectivity index (χ3v) is 5.86. The summed E-state index contributed by atoms with van der Waals surface area (Å²) < 4.78 is 7.57. The smallest absolute Gasteiger partial charge is 0.326 e. The number of esters is 1. The highest BCUT2D eigenvalue weighted by atomic mass is 35.5. The van der Waals surface area contributed by atoms with Gasteiger partial charge in [0, 0.05) is 23.5 Å². The summed E-state index contributed by atoms with van der Waals surface area (Å²) in [7, 11) is 0. The maximum absolute atomic E-state index is 12.7. The Morgan fingerprint density at radius 1 is 1.17 bits per heavy atom. The van der Waals surface area contributed by atoms with Crippen LogP contribution < -0.4 is 0 Å². The summed E-state index contributed by atoms with van der Waals surface area (Å²) in [6, 6.07) is 16.1.